The lowest BCUT2D eigenvalue weighted by Crippen LogP contribution is -2.13. The maximum atomic E-state index is 12.9. The second-order valence-electron chi connectivity index (χ2n) is 5.00. The van der Waals surface area contributed by atoms with Gasteiger partial charge in [0.05, 0.1) is 12.6 Å². The molecule has 0 fully saturated rings. The van der Waals surface area contributed by atoms with Gasteiger partial charge in [-0.15, -0.1) is 5.10 Å². The Hall–Kier alpha value is -3.27. The van der Waals surface area contributed by atoms with Crippen molar-refractivity contribution in [3.8, 4) is 0 Å². The third kappa shape index (κ3) is 3.80. The van der Waals surface area contributed by atoms with Gasteiger partial charge in [0.1, 0.15) is 10.8 Å². The molecule has 0 bridgehead atoms. The Morgan fingerprint density at radius 2 is 2.12 bits per heavy atom. The van der Waals surface area contributed by atoms with Crippen LogP contribution in [0.5, 0.6) is 0 Å². The summed E-state index contributed by atoms with van der Waals surface area (Å²) in [7, 11) is 0. The average Bonchev–Trinajstić information content (AvgIpc) is 3.17. The number of nitrogens with zero attached hydrogens (tertiary/aromatic N) is 4. The Morgan fingerprint density at radius 1 is 1.40 bits per heavy atom. The van der Waals surface area contributed by atoms with Crippen molar-refractivity contribution in [1.82, 2.24) is 20.0 Å². The number of nitro groups is 1. The van der Waals surface area contributed by atoms with E-state index in [1.54, 1.807) is 12.1 Å². The first-order chi connectivity index (χ1) is 11.9. The van der Waals surface area contributed by atoms with Crippen molar-refractivity contribution in [2.24, 2.45) is 0 Å². The highest BCUT2D eigenvalue weighted by Crippen LogP contribution is 2.21. The topological polar surface area (TPSA) is 119 Å². The van der Waals surface area contributed by atoms with Gasteiger partial charge in [-0.05, 0) is 22.6 Å². The van der Waals surface area contributed by atoms with Gasteiger partial charge in [-0.2, -0.15) is 5.10 Å². The normalized spacial score (nSPS) is 10.6. The van der Waals surface area contributed by atoms with E-state index in [-0.39, 0.29) is 22.4 Å². The summed E-state index contributed by atoms with van der Waals surface area (Å²) in [6, 6.07) is 6.86. The van der Waals surface area contributed by atoms with Crippen LogP contribution >= 0.6 is 11.6 Å². The zero-order valence-electron chi connectivity index (χ0n) is 12.4. The summed E-state index contributed by atoms with van der Waals surface area (Å²) in [6.07, 6.45) is 1.49. The highest BCUT2D eigenvalue weighted by molar-refractivity contribution is 6.33. The number of hydrogen-bond donors (Lipinski definition) is 2. The predicted octanol–water partition coefficient (Wildman–Crippen LogP) is 2.61. The quantitative estimate of drug-likeness (QED) is 0.532. The minimum atomic E-state index is -0.700. The molecular weight excluding hydrogens is 355 g/mol. The number of aromatic nitrogens is 4. The molecule has 0 aliphatic heterocycles. The Morgan fingerprint density at radius 3 is 2.76 bits per heavy atom. The van der Waals surface area contributed by atoms with Crippen LogP contribution in [0.1, 0.15) is 16.1 Å². The molecule has 1 amide bonds. The van der Waals surface area contributed by atoms with Crippen LogP contribution < -0.4 is 5.32 Å². The molecule has 0 unspecified atom stereocenters. The first kappa shape index (κ1) is 16.6. The molecule has 0 saturated heterocycles. The molecule has 1 aromatic carbocycles. The van der Waals surface area contributed by atoms with Gasteiger partial charge in [0.15, 0.2) is 11.5 Å². The van der Waals surface area contributed by atoms with Crippen molar-refractivity contribution in [2.45, 2.75) is 6.54 Å². The second-order valence-corrected chi connectivity index (χ2v) is 5.41. The minimum absolute atomic E-state index is 0.0828. The lowest BCUT2D eigenvalue weighted by molar-refractivity contribution is -0.389. The van der Waals surface area contributed by atoms with Crippen LogP contribution in [0, 0.1) is 15.9 Å². The zero-order chi connectivity index (χ0) is 18.0. The molecule has 25 heavy (non-hydrogen) atoms. The summed E-state index contributed by atoms with van der Waals surface area (Å²) in [5, 5.41) is 23.0. The number of carbonyl (C=O) groups is 1. The van der Waals surface area contributed by atoms with Crippen molar-refractivity contribution >= 4 is 29.1 Å². The molecule has 0 radical (unpaired) electrons. The fourth-order valence-corrected chi connectivity index (χ4v) is 2.23. The number of aromatic amines is 1. The summed E-state index contributed by atoms with van der Waals surface area (Å²) in [4.78, 5) is 21.9. The average molecular weight is 365 g/mol. The number of benzene rings is 1. The monoisotopic (exact) mass is 364 g/mol. The number of rotatable bonds is 5. The maximum absolute atomic E-state index is 12.9. The van der Waals surface area contributed by atoms with E-state index in [9.17, 15) is 19.3 Å². The molecule has 2 heterocycles. The van der Waals surface area contributed by atoms with Crippen LogP contribution in [0.4, 0.5) is 16.0 Å². The summed E-state index contributed by atoms with van der Waals surface area (Å²) in [5.41, 5.74) is 0.622. The highest BCUT2D eigenvalue weighted by atomic mass is 35.5. The van der Waals surface area contributed by atoms with E-state index >= 15 is 0 Å². The Labute approximate surface area is 144 Å². The molecule has 11 heteroatoms. The lowest BCUT2D eigenvalue weighted by atomic mass is 10.2. The molecule has 0 aliphatic rings. The van der Waals surface area contributed by atoms with Crippen LogP contribution in [0.3, 0.4) is 0 Å². The zero-order valence-corrected chi connectivity index (χ0v) is 13.2. The SMILES string of the molecule is O=C(Nc1nn(Cc2ccc(F)cc2)cc1Cl)c1cc([N+](=O)[O-])[nH]n1. The van der Waals surface area contributed by atoms with Gasteiger partial charge in [-0.1, -0.05) is 28.8 Å². The molecule has 0 atom stereocenters. The van der Waals surface area contributed by atoms with Gasteiger partial charge in [0.2, 0.25) is 0 Å². The fourth-order valence-electron chi connectivity index (χ4n) is 2.03. The third-order valence-corrected chi connectivity index (χ3v) is 3.48. The van der Waals surface area contributed by atoms with Crippen molar-refractivity contribution in [3.63, 3.8) is 0 Å². The summed E-state index contributed by atoms with van der Waals surface area (Å²) < 4.78 is 14.4. The van der Waals surface area contributed by atoms with Crippen LogP contribution in [0.15, 0.2) is 36.5 Å². The number of carbonyl (C=O) groups excluding carboxylic acids is 1. The fraction of sp³-hybridized carbons (Fsp3) is 0.0714. The third-order valence-electron chi connectivity index (χ3n) is 3.20. The van der Waals surface area contributed by atoms with Crippen molar-refractivity contribution in [1.29, 1.82) is 0 Å². The Kier molecular flexibility index (Phi) is 4.44. The molecule has 2 N–H and O–H groups in total. The van der Waals surface area contributed by atoms with Gasteiger partial charge in [0.25, 0.3) is 5.91 Å². The molecule has 0 spiro atoms. The van der Waals surface area contributed by atoms with Crippen LogP contribution in [0.25, 0.3) is 0 Å². The van der Waals surface area contributed by atoms with Crippen molar-refractivity contribution in [3.05, 3.63) is 68.7 Å². The van der Waals surface area contributed by atoms with Crippen LogP contribution in [0.2, 0.25) is 5.02 Å². The molecule has 2 aromatic heterocycles. The number of anilines is 1. The minimum Gasteiger partial charge on any atom is -0.358 e. The molecular formula is C14H10ClFN6O3. The molecule has 3 aromatic rings. The Balaban J connectivity index is 1.72. The smallest absolute Gasteiger partial charge is 0.343 e. The van der Waals surface area contributed by atoms with Crippen molar-refractivity contribution in [2.75, 3.05) is 5.32 Å². The standard InChI is InChI=1S/C14H10ClFN6O3/c15-10-7-21(6-8-1-3-9(16)4-2-8)20-13(10)17-14(23)11-5-12(19-18-11)22(24)25/h1-5,7H,6H2,(H,18,19)(H,17,20,23). The van der Waals surface area contributed by atoms with E-state index in [0.29, 0.717) is 6.54 Å². The van der Waals surface area contributed by atoms with Gasteiger partial charge in [0, 0.05) is 6.20 Å². The predicted molar refractivity (Wildman–Crippen MR) is 85.9 cm³/mol. The lowest BCUT2D eigenvalue weighted by Gasteiger charge is -2.02. The van der Waals surface area contributed by atoms with E-state index in [2.05, 4.69) is 20.6 Å². The second kappa shape index (κ2) is 6.69. The first-order valence-corrected chi connectivity index (χ1v) is 7.29. The summed E-state index contributed by atoms with van der Waals surface area (Å²) in [5.74, 6) is -1.36. The van der Waals surface area contributed by atoms with Gasteiger partial charge >= 0.3 is 5.82 Å². The first-order valence-electron chi connectivity index (χ1n) is 6.91. The largest absolute Gasteiger partial charge is 0.358 e. The van der Waals surface area contributed by atoms with Crippen LogP contribution in [-0.2, 0) is 6.54 Å². The highest BCUT2D eigenvalue weighted by Gasteiger charge is 2.19. The summed E-state index contributed by atoms with van der Waals surface area (Å²) >= 11 is 6.03. The Bertz CT molecular complexity index is 936. The molecule has 0 saturated carbocycles. The molecule has 9 nitrogen and oxygen atoms in total. The van der Waals surface area contributed by atoms with E-state index in [1.807, 2.05) is 0 Å². The van der Waals surface area contributed by atoms with E-state index in [4.69, 9.17) is 11.6 Å². The van der Waals surface area contributed by atoms with Gasteiger partial charge in [-0.25, -0.2) is 4.39 Å². The van der Waals surface area contributed by atoms with E-state index in [0.717, 1.165) is 11.6 Å². The summed E-state index contributed by atoms with van der Waals surface area (Å²) in [6.45, 7) is 0.323. The molecule has 128 valence electrons. The number of halogens is 2. The number of nitrogens with one attached hydrogen (secondary N) is 2. The van der Waals surface area contributed by atoms with E-state index < -0.39 is 16.6 Å². The number of H-pyrrole nitrogens is 1. The van der Waals surface area contributed by atoms with E-state index in [1.165, 1.54) is 23.0 Å². The number of amides is 1. The molecule has 0 aliphatic carbocycles. The van der Waals surface area contributed by atoms with Crippen LogP contribution in [-0.4, -0.2) is 30.8 Å². The number of hydrogen-bond acceptors (Lipinski definition) is 5. The van der Waals surface area contributed by atoms with Gasteiger partial charge < -0.3 is 15.4 Å². The van der Waals surface area contributed by atoms with Crippen molar-refractivity contribution < 1.29 is 14.1 Å². The van der Waals surface area contributed by atoms with Gasteiger partial charge in [-0.3, -0.25) is 9.48 Å². The molecule has 3 rings (SSSR count). The maximum Gasteiger partial charge on any atom is 0.343 e.